The summed E-state index contributed by atoms with van der Waals surface area (Å²) in [5.74, 6) is 0.815. The third-order valence-corrected chi connectivity index (χ3v) is 6.28. The number of hydrogen-bond acceptors (Lipinski definition) is 5. The monoisotopic (exact) mass is 472 g/mol. The fraction of sp³-hybridized carbons (Fsp3) is 0.455. The molecule has 0 spiro atoms. The maximum Gasteiger partial charge on any atom is 0.290 e. The number of likely N-dealkylation sites (tertiary alicyclic amines) is 1. The van der Waals surface area contributed by atoms with E-state index in [9.17, 15) is 9.59 Å². The SMILES string of the molecule is Cc1c(C(=O)N2CCCCC2C)oc2c1C(=NNC(=O)c1cncc(Br)c1)CCC2. The Morgan fingerprint density at radius 1 is 1.27 bits per heavy atom. The zero-order chi connectivity index (χ0) is 21.3. The highest BCUT2D eigenvalue weighted by atomic mass is 79.9. The standard InChI is InChI=1S/C22H25BrN4O3/c1-13-6-3-4-9-27(13)22(29)20-14(2)19-17(7-5-8-18(19)30-20)25-26-21(28)15-10-16(23)12-24-11-15/h10-13H,3-9H2,1-2H3,(H,26,28). The lowest BCUT2D eigenvalue weighted by atomic mass is 9.93. The number of amides is 2. The first-order chi connectivity index (χ1) is 14.5. The number of hydrogen-bond donors (Lipinski definition) is 1. The Kier molecular flexibility index (Phi) is 6.04. The van der Waals surface area contributed by atoms with Gasteiger partial charge in [0.15, 0.2) is 5.76 Å². The van der Waals surface area contributed by atoms with E-state index in [1.54, 1.807) is 12.3 Å². The molecule has 0 radical (unpaired) electrons. The number of rotatable bonds is 3. The molecule has 0 bridgehead atoms. The van der Waals surface area contributed by atoms with Crippen LogP contribution < -0.4 is 5.43 Å². The van der Waals surface area contributed by atoms with Gasteiger partial charge in [0.25, 0.3) is 11.8 Å². The van der Waals surface area contributed by atoms with Gasteiger partial charge in [-0.3, -0.25) is 14.6 Å². The Bertz CT molecular complexity index is 1010. The highest BCUT2D eigenvalue weighted by molar-refractivity contribution is 9.10. The maximum atomic E-state index is 13.1. The van der Waals surface area contributed by atoms with Gasteiger partial charge in [0, 0.05) is 47.0 Å². The Morgan fingerprint density at radius 3 is 2.87 bits per heavy atom. The molecule has 1 fully saturated rings. The molecule has 1 saturated heterocycles. The molecule has 1 unspecified atom stereocenters. The van der Waals surface area contributed by atoms with Crippen molar-refractivity contribution in [3.05, 3.63) is 51.1 Å². The Morgan fingerprint density at radius 2 is 2.10 bits per heavy atom. The van der Waals surface area contributed by atoms with Gasteiger partial charge < -0.3 is 9.32 Å². The third-order valence-electron chi connectivity index (χ3n) is 5.84. The first-order valence-corrected chi connectivity index (χ1v) is 11.2. The van der Waals surface area contributed by atoms with Gasteiger partial charge in [-0.2, -0.15) is 5.10 Å². The molecule has 4 rings (SSSR count). The molecule has 2 amide bonds. The second kappa shape index (κ2) is 8.71. The van der Waals surface area contributed by atoms with Gasteiger partial charge >= 0.3 is 0 Å². The van der Waals surface area contributed by atoms with Crippen LogP contribution in [-0.4, -0.2) is 40.0 Å². The van der Waals surface area contributed by atoms with Crippen molar-refractivity contribution in [1.82, 2.24) is 15.3 Å². The lowest BCUT2D eigenvalue weighted by Gasteiger charge is -2.32. The minimum absolute atomic E-state index is 0.0438. The Hall–Kier alpha value is -2.48. The number of carbonyl (C=O) groups excluding carboxylic acids is 2. The second-order valence-corrected chi connectivity index (χ2v) is 8.86. The first kappa shape index (κ1) is 20.8. The van der Waals surface area contributed by atoms with E-state index in [4.69, 9.17) is 4.42 Å². The molecule has 1 aliphatic heterocycles. The van der Waals surface area contributed by atoms with Crippen LogP contribution in [0.1, 0.15) is 76.8 Å². The molecule has 3 heterocycles. The minimum atomic E-state index is -0.331. The number of nitrogens with one attached hydrogen (secondary N) is 1. The number of furan rings is 1. The van der Waals surface area contributed by atoms with Crippen molar-refractivity contribution in [2.75, 3.05) is 6.54 Å². The summed E-state index contributed by atoms with van der Waals surface area (Å²) in [5.41, 5.74) is 5.47. The van der Waals surface area contributed by atoms with Gasteiger partial charge in [-0.05, 0) is 67.9 Å². The topological polar surface area (TPSA) is 87.8 Å². The van der Waals surface area contributed by atoms with Crippen molar-refractivity contribution in [3.63, 3.8) is 0 Å². The number of carbonyl (C=O) groups is 2. The number of nitrogens with zero attached hydrogens (tertiary/aromatic N) is 3. The fourth-order valence-electron chi connectivity index (χ4n) is 4.23. The smallest absolute Gasteiger partial charge is 0.290 e. The number of aryl methyl sites for hydroxylation is 1. The predicted molar refractivity (Wildman–Crippen MR) is 117 cm³/mol. The molecule has 1 atom stereocenters. The van der Waals surface area contributed by atoms with Gasteiger partial charge in [0.1, 0.15) is 5.76 Å². The lowest BCUT2D eigenvalue weighted by molar-refractivity contribution is 0.0600. The zero-order valence-corrected chi connectivity index (χ0v) is 18.8. The van der Waals surface area contributed by atoms with Crippen molar-refractivity contribution >= 4 is 33.5 Å². The summed E-state index contributed by atoms with van der Waals surface area (Å²) in [4.78, 5) is 31.5. The van der Waals surface area contributed by atoms with Crippen LogP contribution in [0.25, 0.3) is 0 Å². The van der Waals surface area contributed by atoms with Crippen molar-refractivity contribution in [2.24, 2.45) is 5.10 Å². The van der Waals surface area contributed by atoms with E-state index in [2.05, 4.69) is 38.4 Å². The van der Waals surface area contributed by atoms with Gasteiger partial charge in [0.05, 0.1) is 11.3 Å². The summed E-state index contributed by atoms with van der Waals surface area (Å²) in [5, 5.41) is 4.38. The molecule has 158 valence electrons. The van der Waals surface area contributed by atoms with E-state index in [0.717, 1.165) is 72.1 Å². The highest BCUT2D eigenvalue weighted by Crippen LogP contribution is 2.31. The first-order valence-electron chi connectivity index (χ1n) is 10.4. The average Bonchev–Trinajstić information content (AvgIpc) is 3.09. The van der Waals surface area contributed by atoms with E-state index in [0.29, 0.717) is 11.3 Å². The van der Waals surface area contributed by atoms with Gasteiger partial charge in [0.2, 0.25) is 0 Å². The number of halogens is 1. The predicted octanol–water partition coefficient (Wildman–Crippen LogP) is 4.23. The van der Waals surface area contributed by atoms with E-state index < -0.39 is 0 Å². The van der Waals surface area contributed by atoms with Gasteiger partial charge in [-0.25, -0.2) is 5.43 Å². The molecule has 0 aromatic carbocycles. The van der Waals surface area contributed by atoms with Crippen LogP contribution in [-0.2, 0) is 6.42 Å². The molecule has 0 saturated carbocycles. The maximum absolute atomic E-state index is 13.1. The zero-order valence-electron chi connectivity index (χ0n) is 17.2. The molecule has 1 N–H and O–H groups in total. The van der Waals surface area contributed by atoms with Crippen LogP contribution in [0.15, 0.2) is 32.5 Å². The number of fused-ring (bicyclic) bond motifs is 1. The second-order valence-electron chi connectivity index (χ2n) is 7.94. The molecule has 2 aliphatic rings. The molecular formula is C22H25BrN4O3. The van der Waals surface area contributed by atoms with Crippen molar-refractivity contribution in [2.45, 2.75) is 58.4 Å². The van der Waals surface area contributed by atoms with E-state index in [1.165, 1.54) is 6.20 Å². The van der Waals surface area contributed by atoms with Crippen molar-refractivity contribution < 1.29 is 14.0 Å². The summed E-state index contributed by atoms with van der Waals surface area (Å²) in [6.07, 6.45) is 8.66. The Labute approximate surface area is 184 Å². The molecular weight excluding hydrogens is 448 g/mol. The molecule has 7 nitrogen and oxygen atoms in total. The lowest BCUT2D eigenvalue weighted by Crippen LogP contribution is -2.42. The number of pyridine rings is 1. The molecule has 1 aliphatic carbocycles. The van der Waals surface area contributed by atoms with Gasteiger partial charge in [-0.15, -0.1) is 0 Å². The largest absolute Gasteiger partial charge is 0.455 e. The minimum Gasteiger partial charge on any atom is -0.455 e. The molecule has 2 aromatic heterocycles. The molecule has 30 heavy (non-hydrogen) atoms. The third kappa shape index (κ3) is 4.05. The van der Waals surface area contributed by atoms with Crippen molar-refractivity contribution in [1.29, 1.82) is 0 Å². The van der Waals surface area contributed by atoms with Crippen LogP contribution in [0.3, 0.4) is 0 Å². The van der Waals surface area contributed by atoms with Crippen LogP contribution in [0.4, 0.5) is 0 Å². The fourth-order valence-corrected chi connectivity index (χ4v) is 4.60. The van der Waals surface area contributed by atoms with Crippen LogP contribution in [0.5, 0.6) is 0 Å². The highest BCUT2D eigenvalue weighted by Gasteiger charge is 2.32. The summed E-state index contributed by atoms with van der Waals surface area (Å²) in [7, 11) is 0. The van der Waals surface area contributed by atoms with Crippen LogP contribution in [0, 0.1) is 6.92 Å². The van der Waals surface area contributed by atoms with E-state index in [1.807, 2.05) is 11.8 Å². The van der Waals surface area contributed by atoms with E-state index >= 15 is 0 Å². The number of piperidine rings is 1. The molecule has 2 aromatic rings. The number of hydrazone groups is 1. The summed E-state index contributed by atoms with van der Waals surface area (Å²) < 4.78 is 6.76. The van der Waals surface area contributed by atoms with Crippen LogP contribution >= 0.6 is 15.9 Å². The van der Waals surface area contributed by atoms with Crippen molar-refractivity contribution in [3.8, 4) is 0 Å². The molecule has 8 heteroatoms. The summed E-state index contributed by atoms with van der Waals surface area (Å²) >= 11 is 3.32. The Balaban J connectivity index is 1.59. The number of aromatic nitrogens is 1. The quantitative estimate of drug-likeness (QED) is 0.676. The van der Waals surface area contributed by atoms with Crippen LogP contribution in [0.2, 0.25) is 0 Å². The summed E-state index contributed by atoms with van der Waals surface area (Å²) in [6.45, 7) is 4.77. The average molecular weight is 473 g/mol. The van der Waals surface area contributed by atoms with E-state index in [-0.39, 0.29) is 17.9 Å². The summed E-state index contributed by atoms with van der Waals surface area (Å²) in [6, 6.07) is 1.91. The normalized spacial score (nSPS) is 20.2. The van der Waals surface area contributed by atoms with Gasteiger partial charge in [-0.1, -0.05) is 0 Å².